The molecule has 1 saturated carbocycles. The van der Waals surface area contributed by atoms with Crippen LogP contribution in [0.2, 0.25) is 0 Å². The summed E-state index contributed by atoms with van der Waals surface area (Å²) >= 11 is 3.42. The van der Waals surface area contributed by atoms with Gasteiger partial charge < -0.3 is 5.32 Å². The summed E-state index contributed by atoms with van der Waals surface area (Å²) in [6.07, 6.45) is 1.33. The van der Waals surface area contributed by atoms with Crippen LogP contribution in [0, 0.1) is 23.7 Å². The normalized spacial score (nSPS) is 16.3. The Hall–Kier alpha value is -1.34. The van der Waals surface area contributed by atoms with Gasteiger partial charge in [-0.05, 0) is 47.3 Å². The van der Waals surface area contributed by atoms with Gasteiger partial charge in [-0.25, -0.2) is 0 Å². The molecule has 0 aromatic heterocycles. The third-order valence-electron chi connectivity index (χ3n) is 2.84. The molecule has 1 amide bonds. The van der Waals surface area contributed by atoms with Crippen molar-refractivity contribution in [3.8, 4) is 6.07 Å². The Balaban J connectivity index is 2.20. The van der Waals surface area contributed by atoms with Crippen LogP contribution in [0.4, 0.5) is 5.69 Å². The highest BCUT2D eigenvalue weighted by Crippen LogP contribution is 2.46. The molecular weight excluding hydrogens is 268 g/mol. The third-order valence-corrected chi connectivity index (χ3v) is 3.89. The molecule has 1 aromatic rings. The fraction of sp³-hybridized carbons (Fsp3) is 0.333. The first-order chi connectivity index (χ1) is 7.59. The molecule has 82 valence electrons. The summed E-state index contributed by atoms with van der Waals surface area (Å²) in [4.78, 5) is 11.8. The molecule has 1 aliphatic carbocycles. The number of nitrogens with zero attached hydrogens (tertiary/aromatic N) is 1. The van der Waals surface area contributed by atoms with E-state index in [1.807, 2.05) is 25.1 Å². The number of benzene rings is 1. The lowest BCUT2D eigenvalue weighted by Gasteiger charge is -2.11. The van der Waals surface area contributed by atoms with Crippen LogP contribution < -0.4 is 5.32 Å². The van der Waals surface area contributed by atoms with Gasteiger partial charge in [-0.15, -0.1) is 0 Å². The van der Waals surface area contributed by atoms with E-state index in [2.05, 4.69) is 27.3 Å². The second-order valence-corrected chi connectivity index (χ2v) is 4.88. The topological polar surface area (TPSA) is 52.9 Å². The molecule has 0 bridgehead atoms. The highest BCUT2D eigenvalue weighted by molar-refractivity contribution is 9.10. The van der Waals surface area contributed by atoms with Crippen LogP contribution in [0.15, 0.2) is 22.7 Å². The minimum absolute atomic E-state index is 0.193. The molecule has 4 heteroatoms. The molecule has 16 heavy (non-hydrogen) atoms. The van der Waals surface area contributed by atoms with Crippen LogP contribution in [0.25, 0.3) is 0 Å². The maximum absolute atomic E-state index is 11.8. The Morgan fingerprint density at radius 3 is 2.81 bits per heavy atom. The first kappa shape index (κ1) is 11.2. The summed E-state index contributed by atoms with van der Waals surface area (Å²) in [5.74, 6) is -0.193. The second-order valence-electron chi connectivity index (χ2n) is 4.08. The van der Waals surface area contributed by atoms with Crippen molar-refractivity contribution in [3.63, 3.8) is 0 Å². The summed E-state index contributed by atoms with van der Waals surface area (Å²) in [5.41, 5.74) is 1.01. The van der Waals surface area contributed by atoms with Crippen molar-refractivity contribution in [2.75, 3.05) is 5.32 Å². The van der Waals surface area contributed by atoms with Crippen molar-refractivity contribution in [1.82, 2.24) is 0 Å². The number of rotatable bonds is 2. The van der Waals surface area contributed by atoms with Crippen molar-refractivity contribution in [3.05, 3.63) is 28.2 Å². The van der Waals surface area contributed by atoms with Crippen LogP contribution in [0.3, 0.4) is 0 Å². The van der Waals surface area contributed by atoms with Crippen molar-refractivity contribution in [1.29, 1.82) is 5.26 Å². The van der Waals surface area contributed by atoms with Gasteiger partial charge in [0.15, 0.2) is 0 Å². The van der Waals surface area contributed by atoms with Gasteiger partial charge in [-0.3, -0.25) is 4.79 Å². The summed E-state index contributed by atoms with van der Waals surface area (Å²) in [7, 11) is 0. The van der Waals surface area contributed by atoms with E-state index in [1.54, 1.807) is 0 Å². The van der Waals surface area contributed by atoms with Crippen LogP contribution in [0.5, 0.6) is 0 Å². The molecular formula is C12H11BrN2O. The van der Waals surface area contributed by atoms with Gasteiger partial charge in [0.1, 0.15) is 5.41 Å². The van der Waals surface area contributed by atoms with Gasteiger partial charge in [0.05, 0.1) is 11.8 Å². The molecule has 1 fully saturated rings. The smallest absolute Gasteiger partial charge is 0.244 e. The van der Waals surface area contributed by atoms with Gasteiger partial charge in [-0.1, -0.05) is 12.1 Å². The van der Waals surface area contributed by atoms with E-state index in [1.165, 1.54) is 0 Å². The lowest BCUT2D eigenvalue weighted by atomic mass is 10.1. The largest absolute Gasteiger partial charge is 0.324 e. The number of halogens is 1. The number of amides is 1. The molecule has 0 spiro atoms. The molecule has 1 aromatic carbocycles. The van der Waals surface area contributed by atoms with Crippen LogP contribution in [-0.2, 0) is 4.79 Å². The van der Waals surface area contributed by atoms with E-state index < -0.39 is 5.41 Å². The zero-order valence-corrected chi connectivity index (χ0v) is 10.5. The van der Waals surface area contributed by atoms with Crippen molar-refractivity contribution in [2.24, 2.45) is 5.41 Å². The molecule has 1 N–H and O–H groups in total. The Bertz CT molecular complexity index is 486. The SMILES string of the molecule is Cc1cccc(NC(=O)C2(C#N)CC2)c1Br. The highest BCUT2D eigenvalue weighted by atomic mass is 79.9. The fourth-order valence-corrected chi connectivity index (χ4v) is 1.86. The number of nitriles is 1. The molecule has 0 unspecified atom stereocenters. The minimum atomic E-state index is -0.775. The Kier molecular flexibility index (Phi) is 2.73. The third kappa shape index (κ3) is 1.83. The van der Waals surface area contributed by atoms with E-state index in [0.29, 0.717) is 12.8 Å². The quantitative estimate of drug-likeness (QED) is 0.904. The Morgan fingerprint density at radius 2 is 2.25 bits per heavy atom. The van der Waals surface area contributed by atoms with Crippen LogP contribution in [-0.4, -0.2) is 5.91 Å². The van der Waals surface area contributed by atoms with Gasteiger partial charge in [0.25, 0.3) is 0 Å². The minimum Gasteiger partial charge on any atom is -0.324 e. The lowest BCUT2D eigenvalue weighted by Crippen LogP contribution is -2.22. The van der Waals surface area contributed by atoms with Gasteiger partial charge >= 0.3 is 0 Å². The number of nitrogens with one attached hydrogen (secondary N) is 1. The van der Waals surface area contributed by atoms with Crippen LogP contribution >= 0.6 is 15.9 Å². The molecule has 0 radical (unpaired) electrons. The number of hydrogen-bond donors (Lipinski definition) is 1. The number of carbonyl (C=O) groups is 1. The standard InChI is InChI=1S/C12H11BrN2O/c1-8-3-2-4-9(10(8)13)15-11(16)12(7-14)5-6-12/h2-4H,5-6H2,1H3,(H,15,16). The maximum atomic E-state index is 11.8. The predicted octanol–water partition coefficient (Wildman–Crippen LogP) is 3.00. The van der Waals surface area contributed by atoms with Gasteiger partial charge in [0.2, 0.25) is 5.91 Å². The van der Waals surface area contributed by atoms with E-state index in [-0.39, 0.29) is 5.91 Å². The van der Waals surface area contributed by atoms with Gasteiger partial charge in [0, 0.05) is 4.47 Å². The highest BCUT2D eigenvalue weighted by Gasteiger charge is 2.50. The molecule has 0 atom stereocenters. The number of hydrogen-bond acceptors (Lipinski definition) is 2. The zero-order valence-electron chi connectivity index (χ0n) is 8.88. The fourth-order valence-electron chi connectivity index (χ4n) is 1.50. The Labute approximate surface area is 103 Å². The number of carbonyl (C=O) groups excluding carboxylic acids is 1. The van der Waals surface area contributed by atoms with E-state index in [4.69, 9.17) is 5.26 Å². The Morgan fingerprint density at radius 1 is 1.56 bits per heavy atom. The van der Waals surface area contributed by atoms with Crippen molar-refractivity contribution < 1.29 is 4.79 Å². The molecule has 0 aliphatic heterocycles. The average Bonchev–Trinajstić information content (AvgIpc) is 3.05. The maximum Gasteiger partial charge on any atom is 0.244 e. The number of anilines is 1. The molecule has 3 nitrogen and oxygen atoms in total. The first-order valence-corrected chi connectivity index (χ1v) is 5.86. The molecule has 2 rings (SSSR count). The molecule has 0 saturated heterocycles. The van der Waals surface area contributed by atoms with E-state index in [0.717, 1.165) is 15.7 Å². The summed E-state index contributed by atoms with van der Waals surface area (Å²) < 4.78 is 0.872. The van der Waals surface area contributed by atoms with E-state index >= 15 is 0 Å². The molecule has 1 aliphatic rings. The summed E-state index contributed by atoms with van der Waals surface area (Å²) in [6.45, 7) is 1.96. The summed E-state index contributed by atoms with van der Waals surface area (Å²) in [6, 6.07) is 7.73. The monoisotopic (exact) mass is 278 g/mol. The molecule has 0 heterocycles. The lowest BCUT2D eigenvalue weighted by molar-refractivity contribution is -0.119. The van der Waals surface area contributed by atoms with Crippen molar-refractivity contribution >= 4 is 27.5 Å². The average molecular weight is 279 g/mol. The van der Waals surface area contributed by atoms with Gasteiger partial charge in [-0.2, -0.15) is 5.26 Å². The second kappa shape index (κ2) is 3.91. The zero-order chi connectivity index (χ0) is 11.8. The van der Waals surface area contributed by atoms with Crippen LogP contribution in [0.1, 0.15) is 18.4 Å². The summed E-state index contributed by atoms with van der Waals surface area (Å²) in [5, 5.41) is 11.7. The predicted molar refractivity (Wildman–Crippen MR) is 64.8 cm³/mol. The number of aryl methyl sites for hydroxylation is 1. The van der Waals surface area contributed by atoms with Crippen molar-refractivity contribution in [2.45, 2.75) is 19.8 Å². The van der Waals surface area contributed by atoms with E-state index in [9.17, 15) is 4.79 Å². The first-order valence-electron chi connectivity index (χ1n) is 5.07.